The maximum Gasteiger partial charge on any atom is 0.228 e. The minimum absolute atomic E-state index is 0.0578. The Morgan fingerprint density at radius 2 is 1.93 bits per heavy atom. The van der Waals surface area contributed by atoms with E-state index in [2.05, 4.69) is 5.32 Å². The number of carbonyl (C=O) groups is 3. The molecule has 1 aromatic carbocycles. The first-order valence-corrected chi connectivity index (χ1v) is 9.40. The highest BCUT2D eigenvalue weighted by atomic mass is 35.5. The summed E-state index contributed by atoms with van der Waals surface area (Å²) < 4.78 is 14.2. The minimum Gasteiger partial charge on any atom is -0.366 e. The van der Waals surface area contributed by atoms with Gasteiger partial charge in [-0.1, -0.05) is 11.6 Å². The van der Waals surface area contributed by atoms with Crippen LogP contribution in [0.2, 0.25) is 5.02 Å². The number of nitrogens with one attached hydrogen (secondary N) is 1. The predicted molar refractivity (Wildman–Crippen MR) is 100 cm³/mol. The van der Waals surface area contributed by atoms with E-state index in [9.17, 15) is 18.8 Å². The van der Waals surface area contributed by atoms with E-state index in [1.807, 2.05) is 11.8 Å². The molecule has 1 aromatic rings. The van der Waals surface area contributed by atoms with Crippen LogP contribution in [-0.2, 0) is 14.4 Å². The Labute approximate surface area is 162 Å². The van der Waals surface area contributed by atoms with Crippen molar-refractivity contribution in [3.63, 3.8) is 0 Å². The third-order valence-corrected chi connectivity index (χ3v) is 5.80. The molecule has 2 aliphatic rings. The molecule has 0 aromatic heterocycles. The van der Waals surface area contributed by atoms with Gasteiger partial charge in [-0.05, 0) is 38.0 Å². The Morgan fingerprint density at radius 3 is 2.52 bits per heavy atom. The van der Waals surface area contributed by atoms with Gasteiger partial charge in [-0.25, -0.2) is 4.39 Å². The van der Waals surface area contributed by atoms with Crippen molar-refractivity contribution in [2.24, 2.45) is 0 Å². The van der Waals surface area contributed by atoms with Gasteiger partial charge in [0.2, 0.25) is 11.8 Å². The summed E-state index contributed by atoms with van der Waals surface area (Å²) in [5.41, 5.74) is 0.359. The van der Waals surface area contributed by atoms with E-state index in [0.717, 1.165) is 5.56 Å². The van der Waals surface area contributed by atoms with Crippen LogP contribution in [0.3, 0.4) is 0 Å². The van der Waals surface area contributed by atoms with E-state index in [4.69, 9.17) is 11.6 Å². The minimum atomic E-state index is -0.946. The summed E-state index contributed by atoms with van der Waals surface area (Å²) in [6.07, 6.45) is 0.369. The number of hydrogen-bond acceptors (Lipinski definition) is 4. The summed E-state index contributed by atoms with van der Waals surface area (Å²) in [6.45, 7) is 5.51. The lowest BCUT2D eigenvalue weighted by molar-refractivity contribution is -0.132. The number of anilines is 1. The molecule has 8 heteroatoms. The van der Waals surface area contributed by atoms with Gasteiger partial charge in [-0.2, -0.15) is 0 Å². The number of hydrogen-bond donors (Lipinski definition) is 1. The van der Waals surface area contributed by atoms with Crippen molar-refractivity contribution in [1.29, 1.82) is 0 Å². The number of carbonyl (C=O) groups excluding carboxylic acids is 3. The number of aryl methyl sites for hydroxylation is 1. The van der Waals surface area contributed by atoms with Gasteiger partial charge in [-0.15, -0.1) is 0 Å². The van der Waals surface area contributed by atoms with Crippen molar-refractivity contribution in [2.75, 3.05) is 31.1 Å². The smallest absolute Gasteiger partial charge is 0.228 e. The number of halogens is 2. The van der Waals surface area contributed by atoms with Crippen LogP contribution in [0.25, 0.3) is 0 Å². The van der Waals surface area contributed by atoms with Gasteiger partial charge < -0.3 is 15.1 Å². The molecule has 0 aliphatic carbocycles. The normalized spacial score (nSPS) is 23.0. The maximum atomic E-state index is 14.2. The number of rotatable bonds is 4. The lowest BCUT2D eigenvalue weighted by atomic mass is 9.92. The molecular formula is C19H23ClFN3O3. The fourth-order valence-electron chi connectivity index (χ4n) is 3.56. The largest absolute Gasteiger partial charge is 0.366 e. The fourth-order valence-corrected chi connectivity index (χ4v) is 3.71. The van der Waals surface area contributed by atoms with E-state index in [-0.39, 0.29) is 36.3 Å². The third-order valence-electron chi connectivity index (χ3n) is 5.39. The first-order chi connectivity index (χ1) is 12.7. The highest BCUT2D eigenvalue weighted by molar-refractivity contribution is 6.31. The highest BCUT2D eigenvalue weighted by Gasteiger charge is 2.41. The van der Waals surface area contributed by atoms with Crippen LogP contribution in [0.15, 0.2) is 12.1 Å². The first kappa shape index (κ1) is 19.6. The van der Waals surface area contributed by atoms with E-state index < -0.39 is 5.54 Å². The third kappa shape index (κ3) is 4.08. The second kappa shape index (κ2) is 7.46. The molecule has 0 spiro atoms. The molecule has 1 N–H and O–H groups in total. The standard InChI is InChI=1S/C19H23ClFN3O3/c1-12-9-15(14(21)10-13(12)20)23-5-7-24(8-6-23)18(27)3-4-19(2)16(25)11-17(26)22-19/h9-10H,3-8,11H2,1-2H3,(H,22,26). The number of piperazine rings is 1. The summed E-state index contributed by atoms with van der Waals surface area (Å²) in [5, 5.41) is 3.06. The van der Waals surface area contributed by atoms with Crippen molar-refractivity contribution >= 4 is 34.9 Å². The average molecular weight is 396 g/mol. The number of ketones is 1. The Bertz CT molecular complexity index is 793. The molecule has 3 rings (SSSR count). The molecule has 1 unspecified atom stereocenters. The fraction of sp³-hybridized carbons (Fsp3) is 0.526. The Morgan fingerprint density at radius 1 is 1.26 bits per heavy atom. The van der Waals surface area contributed by atoms with Gasteiger partial charge in [0.25, 0.3) is 0 Å². The molecule has 0 bridgehead atoms. The molecule has 6 nitrogen and oxygen atoms in total. The highest BCUT2D eigenvalue weighted by Crippen LogP contribution is 2.28. The van der Waals surface area contributed by atoms with Crippen LogP contribution < -0.4 is 10.2 Å². The zero-order valence-corrected chi connectivity index (χ0v) is 16.2. The summed E-state index contributed by atoms with van der Waals surface area (Å²) in [5.74, 6) is -0.881. The van der Waals surface area contributed by atoms with Crippen molar-refractivity contribution in [3.05, 3.63) is 28.5 Å². The Balaban J connectivity index is 1.55. The number of amides is 2. The molecule has 146 valence electrons. The lowest BCUT2D eigenvalue weighted by Gasteiger charge is -2.37. The van der Waals surface area contributed by atoms with Crippen molar-refractivity contribution in [1.82, 2.24) is 10.2 Å². The van der Waals surface area contributed by atoms with Crippen LogP contribution in [0.5, 0.6) is 0 Å². The summed E-state index contributed by atoms with van der Waals surface area (Å²) >= 11 is 5.95. The molecule has 2 saturated heterocycles. The SMILES string of the molecule is Cc1cc(N2CCN(C(=O)CCC3(C)NC(=O)CC3=O)CC2)c(F)cc1Cl. The average Bonchev–Trinajstić information content (AvgIpc) is 2.88. The van der Waals surface area contributed by atoms with E-state index in [0.29, 0.717) is 43.3 Å². The van der Waals surface area contributed by atoms with E-state index in [1.54, 1.807) is 17.9 Å². The maximum absolute atomic E-state index is 14.2. The topological polar surface area (TPSA) is 69.7 Å². The summed E-state index contributed by atoms with van der Waals surface area (Å²) in [4.78, 5) is 39.4. The monoisotopic (exact) mass is 395 g/mol. The van der Waals surface area contributed by atoms with Gasteiger partial charge in [0.05, 0.1) is 17.6 Å². The summed E-state index contributed by atoms with van der Waals surface area (Å²) in [7, 11) is 0. The first-order valence-electron chi connectivity index (χ1n) is 9.02. The molecule has 2 aliphatic heterocycles. The summed E-state index contributed by atoms with van der Waals surface area (Å²) in [6, 6.07) is 3.04. The second-order valence-corrected chi connectivity index (χ2v) is 7.81. The van der Waals surface area contributed by atoms with Crippen molar-refractivity contribution < 1.29 is 18.8 Å². The lowest BCUT2D eigenvalue weighted by Crippen LogP contribution is -2.50. The number of benzene rings is 1. The van der Waals surface area contributed by atoms with Crippen LogP contribution in [0.4, 0.5) is 10.1 Å². The van der Waals surface area contributed by atoms with E-state index in [1.165, 1.54) is 6.07 Å². The van der Waals surface area contributed by atoms with Crippen LogP contribution >= 0.6 is 11.6 Å². The molecule has 2 heterocycles. The molecule has 1 atom stereocenters. The predicted octanol–water partition coefficient (Wildman–Crippen LogP) is 2.06. The van der Waals surface area contributed by atoms with Gasteiger partial charge in [-0.3, -0.25) is 14.4 Å². The van der Waals surface area contributed by atoms with Crippen LogP contribution in [0, 0.1) is 12.7 Å². The van der Waals surface area contributed by atoms with Crippen molar-refractivity contribution in [3.8, 4) is 0 Å². The molecule has 2 fully saturated rings. The Kier molecular flexibility index (Phi) is 5.42. The zero-order valence-electron chi connectivity index (χ0n) is 15.5. The van der Waals surface area contributed by atoms with Crippen LogP contribution in [-0.4, -0.2) is 54.2 Å². The van der Waals surface area contributed by atoms with E-state index >= 15 is 0 Å². The van der Waals surface area contributed by atoms with Crippen molar-refractivity contribution in [2.45, 2.75) is 38.6 Å². The molecule has 2 amide bonds. The van der Waals surface area contributed by atoms with Gasteiger partial charge >= 0.3 is 0 Å². The molecule has 27 heavy (non-hydrogen) atoms. The Hall–Kier alpha value is -2.15. The molecule has 0 saturated carbocycles. The molecular weight excluding hydrogens is 373 g/mol. The second-order valence-electron chi connectivity index (χ2n) is 7.40. The number of Topliss-reactive ketones (excluding diaryl/α,β-unsaturated/α-hetero) is 1. The number of nitrogens with zero attached hydrogens (tertiary/aromatic N) is 2. The van der Waals surface area contributed by atoms with Gasteiger partial charge in [0.1, 0.15) is 5.82 Å². The molecule has 0 radical (unpaired) electrons. The van der Waals surface area contributed by atoms with Crippen LogP contribution in [0.1, 0.15) is 31.7 Å². The quantitative estimate of drug-likeness (QED) is 0.792. The van der Waals surface area contributed by atoms with Gasteiger partial charge in [0.15, 0.2) is 5.78 Å². The van der Waals surface area contributed by atoms with Gasteiger partial charge in [0, 0.05) is 37.6 Å². The zero-order chi connectivity index (χ0) is 19.8.